The second-order valence-corrected chi connectivity index (χ2v) is 5.01. The fourth-order valence-corrected chi connectivity index (χ4v) is 2.22. The Hall–Kier alpha value is -2.69. The predicted molar refractivity (Wildman–Crippen MR) is 80.1 cm³/mol. The third-order valence-electron chi connectivity index (χ3n) is 3.26. The molecule has 0 fully saturated rings. The Bertz CT molecular complexity index is 793. The summed E-state index contributed by atoms with van der Waals surface area (Å²) in [5.41, 5.74) is 3.93. The van der Waals surface area contributed by atoms with E-state index in [9.17, 15) is 4.79 Å². The number of amides is 1. The molecule has 5 nitrogen and oxygen atoms in total. The van der Waals surface area contributed by atoms with Crippen molar-refractivity contribution in [1.82, 2.24) is 19.9 Å². The smallest absolute Gasteiger partial charge is 0.270 e. The summed E-state index contributed by atoms with van der Waals surface area (Å²) in [4.78, 5) is 16.6. The van der Waals surface area contributed by atoms with Crippen molar-refractivity contribution in [2.24, 2.45) is 0 Å². The zero-order chi connectivity index (χ0) is 14.8. The summed E-state index contributed by atoms with van der Waals surface area (Å²) in [5.74, 6) is -0.177. The molecule has 2 heterocycles. The molecule has 2 aromatic heterocycles. The van der Waals surface area contributed by atoms with Gasteiger partial charge < -0.3 is 5.32 Å². The molecule has 21 heavy (non-hydrogen) atoms. The van der Waals surface area contributed by atoms with Gasteiger partial charge in [-0.2, -0.15) is 5.10 Å². The van der Waals surface area contributed by atoms with E-state index in [0.717, 1.165) is 17.0 Å². The number of nitrogens with zero attached hydrogens (tertiary/aromatic N) is 3. The number of rotatable bonds is 3. The van der Waals surface area contributed by atoms with E-state index in [-0.39, 0.29) is 5.91 Å². The van der Waals surface area contributed by atoms with E-state index in [1.165, 1.54) is 0 Å². The Balaban J connectivity index is 1.81. The lowest BCUT2D eigenvalue weighted by Gasteiger charge is -2.06. The van der Waals surface area contributed by atoms with Gasteiger partial charge in [0.25, 0.3) is 5.91 Å². The van der Waals surface area contributed by atoms with E-state index >= 15 is 0 Å². The molecule has 0 atom stereocenters. The topological polar surface area (TPSA) is 59.3 Å². The molecule has 0 spiro atoms. The molecule has 0 aliphatic heterocycles. The highest BCUT2D eigenvalue weighted by molar-refractivity contribution is 5.92. The number of hydrogen-bond acceptors (Lipinski definition) is 3. The van der Waals surface area contributed by atoms with Gasteiger partial charge in [-0.1, -0.05) is 30.3 Å². The van der Waals surface area contributed by atoms with Crippen molar-refractivity contribution in [3.63, 3.8) is 0 Å². The Morgan fingerprint density at radius 2 is 1.95 bits per heavy atom. The summed E-state index contributed by atoms with van der Waals surface area (Å²) >= 11 is 0. The number of aromatic nitrogens is 3. The summed E-state index contributed by atoms with van der Waals surface area (Å²) in [5, 5.41) is 7.21. The number of aryl methyl sites for hydroxylation is 2. The van der Waals surface area contributed by atoms with Gasteiger partial charge in [0, 0.05) is 18.3 Å². The van der Waals surface area contributed by atoms with E-state index in [1.807, 2.05) is 50.2 Å². The Morgan fingerprint density at radius 1 is 1.19 bits per heavy atom. The summed E-state index contributed by atoms with van der Waals surface area (Å²) in [7, 11) is 0. The third kappa shape index (κ3) is 2.76. The molecule has 1 aromatic carbocycles. The van der Waals surface area contributed by atoms with Crippen molar-refractivity contribution in [2.75, 3.05) is 0 Å². The van der Waals surface area contributed by atoms with E-state index in [1.54, 1.807) is 10.6 Å². The highest BCUT2D eigenvalue weighted by atomic mass is 16.1. The zero-order valence-corrected chi connectivity index (χ0v) is 12.0. The largest absolute Gasteiger partial charge is 0.347 e. The monoisotopic (exact) mass is 280 g/mol. The van der Waals surface area contributed by atoms with Crippen LogP contribution in [0.2, 0.25) is 0 Å². The molecule has 0 aliphatic carbocycles. The molecule has 0 bridgehead atoms. The van der Waals surface area contributed by atoms with Crippen LogP contribution in [0, 0.1) is 13.8 Å². The fourth-order valence-electron chi connectivity index (χ4n) is 2.22. The lowest BCUT2D eigenvalue weighted by molar-refractivity contribution is 0.0946. The zero-order valence-electron chi connectivity index (χ0n) is 12.0. The van der Waals surface area contributed by atoms with E-state index < -0.39 is 0 Å². The second-order valence-electron chi connectivity index (χ2n) is 5.01. The number of benzene rings is 1. The maximum Gasteiger partial charge on any atom is 0.270 e. The van der Waals surface area contributed by atoms with Crippen molar-refractivity contribution in [3.05, 3.63) is 65.1 Å². The Labute approximate surface area is 122 Å². The molecule has 0 radical (unpaired) electrons. The minimum Gasteiger partial charge on any atom is -0.347 e. The van der Waals surface area contributed by atoms with Crippen LogP contribution < -0.4 is 5.32 Å². The fraction of sp³-hybridized carbons (Fsp3) is 0.188. The third-order valence-corrected chi connectivity index (χ3v) is 3.26. The molecule has 0 saturated heterocycles. The molecule has 0 saturated carbocycles. The normalized spacial score (nSPS) is 10.8. The van der Waals surface area contributed by atoms with E-state index in [2.05, 4.69) is 15.4 Å². The number of hydrogen-bond donors (Lipinski definition) is 1. The highest BCUT2D eigenvalue weighted by Gasteiger charge is 2.11. The molecular weight excluding hydrogens is 264 g/mol. The molecule has 0 aliphatic rings. The first-order valence-corrected chi connectivity index (χ1v) is 6.79. The molecule has 1 amide bonds. The van der Waals surface area contributed by atoms with Crippen LogP contribution in [0.15, 0.2) is 42.5 Å². The molecule has 3 aromatic rings. The van der Waals surface area contributed by atoms with Gasteiger partial charge in [-0.05, 0) is 25.5 Å². The van der Waals surface area contributed by atoms with Gasteiger partial charge in [-0.3, -0.25) is 4.79 Å². The average molecular weight is 280 g/mol. The van der Waals surface area contributed by atoms with Crippen LogP contribution in [0.5, 0.6) is 0 Å². The van der Waals surface area contributed by atoms with Crippen molar-refractivity contribution in [2.45, 2.75) is 20.4 Å². The summed E-state index contributed by atoms with van der Waals surface area (Å²) in [6.07, 6.45) is 0. The van der Waals surface area contributed by atoms with Crippen molar-refractivity contribution in [3.8, 4) is 0 Å². The summed E-state index contributed by atoms with van der Waals surface area (Å²) < 4.78 is 1.74. The average Bonchev–Trinajstić information content (AvgIpc) is 2.87. The number of carbonyl (C=O) groups excluding carboxylic acids is 1. The van der Waals surface area contributed by atoms with Gasteiger partial charge in [-0.15, -0.1) is 0 Å². The van der Waals surface area contributed by atoms with Crippen LogP contribution in [-0.4, -0.2) is 20.5 Å². The maximum absolute atomic E-state index is 12.2. The van der Waals surface area contributed by atoms with Crippen LogP contribution >= 0.6 is 0 Å². The second kappa shape index (κ2) is 5.36. The Morgan fingerprint density at radius 3 is 2.71 bits per heavy atom. The standard InChI is InChI=1S/C16H16N4O/c1-11-8-15-18-14(9-12(2)20(15)19-11)16(21)17-10-13-6-4-3-5-7-13/h3-9H,10H2,1-2H3,(H,17,21). The molecule has 106 valence electrons. The van der Waals surface area contributed by atoms with Crippen LogP contribution in [0.3, 0.4) is 0 Å². The first-order valence-electron chi connectivity index (χ1n) is 6.79. The van der Waals surface area contributed by atoms with Crippen LogP contribution in [0.25, 0.3) is 5.65 Å². The molecular formula is C16H16N4O. The Kier molecular flexibility index (Phi) is 3.39. The first-order chi connectivity index (χ1) is 10.1. The predicted octanol–water partition coefficient (Wildman–Crippen LogP) is 2.28. The first kappa shape index (κ1) is 13.3. The van der Waals surface area contributed by atoms with Gasteiger partial charge in [0.05, 0.1) is 5.69 Å². The SMILES string of the molecule is Cc1cc2nc(C(=O)NCc3ccccc3)cc(C)n2n1. The quantitative estimate of drug-likeness (QED) is 0.800. The number of carbonyl (C=O) groups is 1. The summed E-state index contributed by atoms with van der Waals surface area (Å²) in [6, 6.07) is 13.4. The van der Waals surface area contributed by atoms with Gasteiger partial charge in [0.2, 0.25) is 0 Å². The molecule has 0 unspecified atom stereocenters. The maximum atomic E-state index is 12.2. The van der Waals surface area contributed by atoms with E-state index in [4.69, 9.17) is 0 Å². The van der Waals surface area contributed by atoms with E-state index in [0.29, 0.717) is 17.9 Å². The van der Waals surface area contributed by atoms with Crippen LogP contribution in [0.4, 0.5) is 0 Å². The van der Waals surface area contributed by atoms with Crippen LogP contribution in [-0.2, 0) is 6.54 Å². The number of fused-ring (bicyclic) bond motifs is 1. The minimum absolute atomic E-state index is 0.177. The lowest BCUT2D eigenvalue weighted by Crippen LogP contribution is -2.24. The molecule has 3 rings (SSSR count). The van der Waals surface area contributed by atoms with Crippen molar-refractivity contribution < 1.29 is 4.79 Å². The van der Waals surface area contributed by atoms with Gasteiger partial charge in [0.15, 0.2) is 5.65 Å². The molecule has 1 N–H and O–H groups in total. The minimum atomic E-state index is -0.177. The van der Waals surface area contributed by atoms with Crippen molar-refractivity contribution >= 4 is 11.6 Å². The lowest BCUT2D eigenvalue weighted by atomic mass is 10.2. The number of nitrogens with one attached hydrogen (secondary N) is 1. The van der Waals surface area contributed by atoms with Gasteiger partial charge >= 0.3 is 0 Å². The van der Waals surface area contributed by atoms with Crippen LogP contribution in [0.1, 0.15) is 27.4 Å². The highest BCUT2D eigenvalue weighted by Crippen LogP contribution is 2.09. The van der Waals surface area contributed by atoms with Gasteiger partial charge in [-0.25, -0.2) is 9.50 Å². The van der Waals surface area contributed by atoms with Gasteiger partial charge in [0.1, 0.15) is 5.69 Å². The van der Waals surface area contributed by atoms with Crippen molar-refractivity contribution in [1.29, 1.82) is 0 Å². The molecule has 5 heteroatoms. The summed E-state index contributed by atoms with van der Waals surface area (Å²) in [6.45, 7) is 4.31.